The minimum Gasteiger partial charge on any atom is -0.507 e. The Hall–Kier alpha value is -3.72. The molecule has 2 aliphatic heterocycles. The number of likely N-dealkylation sites (tertiary alicyclic amines) is 1. The number of aromatic hydroxyl groups is 1. The monoisotopic (exact) mass is 505 g/mol. The highest BCUT2D eigenvalue weighted by Crippen LogP contribution is 2.36. The second kappa shape index (κ2) is 10.3. The molecule has 37 heavy (non-hydrogen) atoms. The zero-order valence-electron chi connectivity index (χ0n) is 21.2. The summed E-state index contributed by atoms with van der Waals surface area (Å²) in [6, 6.07) is 10.0. The van der Waals surface area contributed by atoms with E-state index in [0.717, 1.165) is 30.5 Å². The van der Waals surface area contributed by atoms with Gasteiger partial charge in [0.05, 0.1) is 16.9 Å². The molecule has 4 heterocycles. The van der Waals surface area contributed by atoms with Gasteiger partial charge in [0.25, 0.3) is 0 Å². The fourth-order valence-corrected chi connectivity index (χ4v) is 5.30. The number of halogens is 1. The van der Waals surface area contributed by atoms with Gasteiger partial charge in [0.1, 0.15) is 18.2 Å². The molecule has 1 aromatic carbocycles. The number of rotatable bonds is 6. The van der Waals surface area contributed by atoms with E-state index in [1.54, 1.807) is 11.0 Å². The minimum atomic E-state index is -0.555. The van der Waals surface area contributed by atoms with Gasteiger partial charge in [-0.05, 0) is 63.7 Å². The van der Waals surface area contributed by atoms with Gasteiger partial charge in [-0.25, -0.2) is 9.37 Å². The molecule has 194 valence electrons. The van der Waals surface area contributed by atoms with Gasteiger partial charge < -0.3 is 24.5 Å². The number of pyridine rings is 2. The first-order valence-electron chi connectivity index (χ1n) is 12.7. The lowest BCUT2D eigenvalue weighted by atomic mass is 10.1. The van der Waals surface area contributed by atoms with E-state index in [1.165, 1.54) is 24.3 Å². The van der Waals surface area contributed by atoms with Crippen LogP contribution in [0.1, 0.15) is 19.8 Å². The van der Waals surface area contributed by atoms with Crippen molar-refractivity contribution in [2.24, 2.45) is 0 Å². The number of carbonyl (C=O) groups excluding carboxylic acids is 1. The van der Waals surface area contributed by atoms with Crippen LogP contribution >= 0.6 is 0 Å². The maximum Gasteiger partial charge on any atom is 0.246 e. The van der Waals surface area contributed by atoms with E-state index in [9.17, 15) is 14.3 Å². The molecule has 0 radical (unpaired) electrons. The van der Waals surface area contributed by atoms with E-state index in [4.69, 9.17) is 4.74 Å². The van der Waals surface area contributed by atoms with E-state index < -0.39 is 5.82 Å². The molecule has 3 aromatic rings. The molecule has 9 heteroatoms. The molecule has 0 spiro atoms. The first-order chi connectivity index (χ1) is 17.9. The van der Waals surface area contributed by atoms with Gasteiger partial charge >= 0.3 is 0 Å². The second-order valence-electron chi connectivity index (χ2n) is 9.80. The van der Waals surface area contributed by atoms with E-state index in [-0.39, 0.29) is 23.3 Å². The minimum absolute atomic E-state index is 0.0346. The summed E-state index contributed by atoms with van der Waals surface area (Å²) in [5.41, 5.74) is 1.64. The highest BCUT2D eigenvalue weighted by molar-refractivity contribution is 5.92. The predicted molar refractivity (Wildman–Crippen MR) is 141 cm³/mol. The molecular formula is C28H32FN5O3. The summed E-state index contributed by atoms with van der Waals surface area (Å²) in [4.78, 5) is 27.8. The van der Waals surface area contributed by atoms with E-state index in [0.29, 0.717) is 49.5 Å². The Kier molecular flexibility index (Phi) is 6.97. The highest BCUT2D eigenvalue weighted by atomic mass is 19.1. The number of piperazine rings is 1. The molecule has 1 N–H and O–H groups in total. The first kappa shape index (κ1) is 25.0. The average molecular weight is 506 g/mol. The fourth-order valence-electron chi connectivity index (χ4n) is 5.30. The number of ether oxygens (including phenoxy) is 1. The maximum atomic E-state index is 14.6. The number of hydrogen-bond donors (Lipinski definition) is 1. The van der Waals surface area contributed by atoms with Crippen LogP contribution in [-0.4, -0.2) is 82.7 Å². The van der Waals surface area contributed by atoms with E-state index in [1.807, 2.05) is 12.1 Å². The number of carbonyl (C=O) groups is 1. The van der Waals surface area contributed by atoms with Crippen LogP contribution in [0.25, 0.3) is 22.3 Å². The van der Waals surface area contributed by atoms with Crippen LogP contribution in [0.15, 0.2) is 49.1 Å². The Morgan fingerprint density at radius 3 is 2.78 bits per heavy atom. The summed E-state index contributed by atoms with van der Waals surface area (Å²) >= 11 is 0. The Labute approximate surface area is 216 Å². The van der Waals surface area contributed by atoms with Crippen molar-refractivity contribution in [1.29, 1.82) is 0 Å². The molecule has 0 saturated carbocycles. The van der Waals surface area contributed by atoms with Crippen molar-refractivity contribution in [2.45, 2.75) is 31.8 Å². The smallest absolute Gasteiger partial charge is 0.246 e. The van der Waals surface area contributed by atoms with Crippen LogP contribution in [0.4, 0.5) is 10.1 Å². The Bertz CT molecular complexity index is 1310. The molecule has 0 aliphatic carbocycles. The molecule has 2 atom stereocenters. The topological polar surface area (TPSA) is 82.0 Å². The van der Waals surface area contributed by atoms with Crippen molar-refractivity contribution in [3.05, 3.63) is 54.9 Å². The summed E-state index contributed by atoms with van der Waals surface area (Å²) in [7, 11) is 2.10. The normalized spacial score (nSPS) is 20.4. The number of fused-ring (bicyclic) bond motifs is 1. The Morgan fingerprint density at radius 2 is 2.08 bits per heavy atom. The third-order valence-corrected chi connectivity index (χ3v) is 7.39. The fraction of sp³-hybridized carbons (Fsp3) is 0.393. The van der Waals surface area contributed by atoms with Gasteiger partial charge in [-0.15, -0.1) is 0 Å². The van der Waals surface area contributed by atoms with Crippen LogP contribution in [-0.2, 0) is 4.79 Å². The number of phenolic OH excluding ortho intramolecular Hbond substituents is 1. The van der Waals surface area contributed by atoms with Crippen molar-refractivity contribution >= 4 is 22.6 Å². The molecule has 5 rings (SSSR count). The standard InChI is InChI=1S/C28H32FN5O3/c1-4-26(36)33-13-14-34(18(2)16-33)23-15-25(37-17-19-7-6-12-32(19)3)31-28-20(23)10-11-22(30-28)27-21(29)8-5-9-24(27)35/h4-5,8-11,15,18-19,35H,1,6-7,12-14,16-17H2,2-3H3/t18-,19+/m1/s1. The number of anilines is 1. The van der Waals surface area contributed by atoms with Crippen molar-refractivity contribution in [3.63, 3.8) is 0 Å². The van der Waals surface area contributed by atoms with Crippen LogP contribution in [0, 0.1) is 5.82 Å². The van der Waals surface area contributed by atoms with Crippen molar-refractivity contribution < 1.29 is 19.0 Å². The third-order valence-electron chi connectivity index (χ3n) is 7.39. The zero-order chi connectivity index (χ0) is 26.1. The Morgan fingerprint density at radius 1 is 1.24 bits per heavy atom. The highest BCUT2D eigenvalue weighted by Gasteiger charge is 2.28. The molecule has 0 bridgehead atoms. The van der Waals surface area contributed by atoms with Gasteiger partial charge in [0, 0.05) is 43.2 Å². The number of benzene rings is 1. The molecule has 2 aromatic heterocycles. The molecule has 2 aliphatic rings. The predicted octanol–water partition coefficient (Wildman–Crippen LogP) is 3.84. The summed E-state index contributed by atoms with van der Waals surface area (Å²) < 4.78 is 20.8. The van der Waals surface area contributed by atoms with Gasteiger partial charge in [0.2, 0.25) is 11.8 Å². The van der Waals surface area contributed by atoms with Crippen LogP contribution in [0.2, 0.25) is 0 Å². The quantitative estimate of drug-likeness (QED) is 0.510. The number of likely N-dealkylation sites (N-methyl/N-ethyl adjacent to an activating group) is 1. The summed E-state index contributed by atoms with van der Waals surface area (Å²) in [5, 5.41) is 11.1. The summed E-state index contributed by atoms with van der Waals surface area (Å²) in [5.74, 6) is -0.366. The summed E-state index contributed by atoms with van der Waals surface area (Å²) in [6.45, 7) is 9.00. The summed E-state index contributed by atoms with van der Waals surface area (Å²) in [6.07, 6.45) is 3.56. The number of nitrogens with zero attached hydrogens (tertiary/aromatic N) is 5. The van der Waals surface area contributed by atoms with Gasteiger partial charge in [-0.2, -0.15) is 4.98 Å². The van der Waals surface area contributed by atoms with Crippen LogP contribution in [0.3, 0.4) is 0 Å². The average Bonchev–Trinajstić information content (AvgIpc) is 3.30. The molecule has 1 amide bonds. The van der Waals surface area contributed by atoms with E-state index >= 15 is 0 Å². The number of hydrogen-bond acceptors (Lipinski definition) is 7. The molecule has 0 unspecified atom stereocenters. The van der Waals surface area contributed by atoms with Crippen molar-refractivity contribution in [3.8, 4) is 22.9 Å². The number of amides is 1. The van der Waals surface area contributed by atoms with Gasteiger partial charge in [-0.3, -0.25) is 4.79 Å². The largest absolute Gasteiger partial charge is 0.507 e. The number of aromatic nitrogens is 2. The Balaban J connectivity index is 1.54. The lowest BCUT2D eigenvalue weighted by Gasteiger charge is -2.41. The van der Waals surface area contributed by atoms with Gasteiger partial charge in [0.15, 0.2) is 5.65 Å². The van der Waals surface area contributed by atoms with Crippen molar-refractivity contribution in [1.82, 2.24) is 19.8 Å². The van der Waals surface area contributed by atoms with E-state index in [2.05, 4.69) is 40.3 Å². The maximum absolute atomic E-state index is 14.6. The van der Waals surface area contributed by atoms with Crippen LogP contribution in [0.5, 0.6) is 11.6 Å². The molecule has 2 saturated heterocycles. The zero-order valence-corrected chi connectivity index (χ0v) is 21.2. The van der Waals surface area contributed by atoms with Gasteiger partial charge in [-0.1, -0.05) is 12.6 Å². The molecule has 8 nitrogen and oxygen atoms in total. The third kappa shape index (κ3) is 4.96. The molecular weight excluding hydrogens is 473 g/mol. The number of phenols is 1. The first-order valence-corrected chi connectivity index (χ1v) is 12.7. The lowest BCUT2D eigenvalue weighted by Crippen LogP contribution is -2.53. The lowest BCUT2D eigenvalue weighted by molar-refractivity contribution is -0.126. The second-order valence-corrected chi connectivity index (χ2v) is 9.80. The molecule has 2 fully saturated rings. The SMILES string of the molecule is C=CC(=O)N1CCN(c2cc(OC[C@@H]3CCCN3C)nc3nc(-c4c(O)cccc4F)ccc23)[C@H](C)C1. The van der Waals surface area contributed by atoms with Crippen molar-refractivity contribution in [2.75, 3.05) is 44.7 Å². The van der Waals surface area contributed by atoms with Crippen LogP contribution < -0.4 is 9.64 Å².